The van der Waals surface area contributed by atoms with Crippen LogP contribution in [0.3, 0.4) is 0 Å². The number of anilines is 2. The van der Waals surface area contributed by atoms with Gasteiger partial charge in [0.1, 0.15) is 5.75 Å². The van der Waals surface area contributed by atoms with Gasteiger partial charge < -0.3 is 15.0 Å². The molecular formula is C20H23N5O. The first-order valence-electron chi connectivity index (χ1n) is 8.56. The van der Waals surface area contributed by atoms with E-state index in [-0.39, 0.29) is 0 Å². The smallest absolute Gasteiger partial charge is 0.247 e. The molecule has 0 aliphatic rings. The fourth-order valence-electron chi connectivity index (χ4n) is 2.60. The van der Waals surface area contributed by atoms with Crippen molar-refractivity contribution in [2.75, 3.05) is 30.9 Å². The van der Waals surface area contributed by atoms with Crippen molar-refractivity contribution in [1.82, 2.24) is 15.2 Å². The molecule has 6 heteroatoms. The summed E-state index contributed by atoms with van der Waals surface area (Å²) in [4.78, 5) is 6.53. The summed E-state index contributed by atoms with van der Waals surface area (Å²) in [5, 5.41) is 11.5. The summed E-state index contributed by atoms with van der Waals surface area (Å²) in [5.41, 5.74) is 2.44. The summed E-state index contributed by atoms with van der Waals surface area (Å²) in [5.74, 6) is 2.19. The van der Waals surface area contributed by atoms with Gasteiger partial charge in [0, 0.05) is 20.1 Å². The van der Waals surface area contributed by atoms with Crippen LogP contribution in [0.4, 0.5) is 11.8 Å². The normalized spacial score (nSPS) is 10.4. The van der Waals surface area contributed by atoms with E-state index >= 15 is 0 Å². The first kappa shape index (κ1) is 17.7. The Balaban J connectivity index is 1.54. The minimum Gasteiger partial charge on any atom is -0.497 e. The zero-order valence-electron chi connectivity index (χ0n) is 15.1. The monoisotopic (exact) mass is 349 g/mol. The molecule has 3 aromatic rings. The van der Waals surface area contributed by atoms with Crippen LogP contribution in [-0.2, 0) is 13.0 Å². The number of methoxy groups -OCH3 is 1. The van der Waals surface area contributed by atoms with Crippen LogP contribution in [0.5, 0.6) is 5.75 Å². The molecule has 26 heavy (non-hydrogen) atoms. The van der Waals surface area contributed by atoms with Crippen molar-refractivity contribution in [3.05, 3.63) is 71.9 Å². The molecule has 0 unspecified atom stereocenters. The van der Waals surface area contributed by atoms with Crippen molar-refractivity contribution in [2.45, 2.75) is 13.0 Å². The van der Waals surface area contributed by atoms with Crippen LogP contribution in [0, 0.1) is 0 Å². The molecule has 0 saturated heterocycles. The molecule has 0 amide bonds. The second-order valence-corrected chi connectivity index (χ2v) is 6.01. The molecule has 0 aliphatic heterocycles. The van der Waals surface area contributed by atoms with Gasteiger partial charge in [-0.2, -0.15) is 10.1 Å². The highest BCUT2D eigenvalue weighted by Gasteiger charge is 2.07. The first-order chi connectivity index (χ1) is 12.7. The molecule has 1 heterocycles. The number of benzene rings is 2. The van der Waals surface area contributed by atoms with E-state index < -0.39 is 0 Å². The first-order valence-corrected chi connectivity index (χ1v) is 8.56. The summed E-state index contributed by atoms with van der Waals surface area (Å²) in [6, 6.07) is 18.3. The molecule has 2 aromatic carbocycles. The molecule has 0 bridgehead atoms. The Morgan fingerprint density at radius 1 is 1.00 bits per heavy atom. The van der Waals surface area contributed by atoms with Gasteiger partial charge in [0.2, 0.25) is 5.95 Å². The third-order valence-electron chi connectivity index (χ3n) is 4.03. The van der Waals surface area contributed by atoms with E-state index in [9.17, 15) is 0 Å². The number of hydrogen-bond acceptors (Lipinski definition) is 6. The quantitative estimate of drug-likeness (QED) is 0.674. The van der Waals surface area contributed by atoms with Gasteiger partial charge in [0.05, 0.1) is 13.3 Å². The van der Waals surface area contributed by atoms with Gasteiger partial charge in [-0.25, -0.2) is 0 Å². The van der Waals surface area contributed by atoms with Crippen molar-refractivity contribution in [1.29, 1.82) is 0 Å². The van der Waals surface area contributed by atoms with Gasteiger partial charge in [0.15, 0.2) is 5.82 Å². The van der Waals surface area contributed by atoms with Crippen molar-refractivity contribution >= 4 is 11.8 Å². The Hall–Kier alpha value is -3.15. The lowest BCUT2D eigenvalue weighted by Gasteiger charge is -2.17. The minimum absolute atomic E-state index is 0.600. The van der Waals surface area contributed by atoms with Crippen LogP contribution >= 0.6 is 0 Å². The van der Waals surface area contributed by atoms with Gasteiger partial charge in [0.25, 0.3) is 0 Å². The average Bonchev–Trinajstić information content (AvgIpc) is 2.69. The molecule has 3 rings (SSSR count). The molecule has 0 spiro atoms. The van der Waals surface area contributed by atoms with E-state index in [4.69, 9.17) is 4.74 Å². The fraction of sp³-hybridized carbons (Fsp3) is 0.250. The molecular weight excluding hydrogens is 326 g/mol. The largest absolute Gasteiger partial charge is 0.497 e. The predicted octanol–water partition coefficient (Wildman–Crippen LogP) is 3.17. The SMILES string of the molecule is COc1ccc(CCNc2cnnc(N(C)Cc3ccccc3)n2)cc1. The van der Waals surface area contributed by atoms with Crippen molar-refractivity contribution in [3.8, 4) is 5.75 Å². The highest BCUT2D eigenvalue weighted by Crippen LogP contribution is 2.13. The lowest BCUT2D eigenvalue weighted by Crippen LogP contribution is -2.20. The van der Waals surface area contributed by atoms with Crippen LogP contribution in [0.25, 0.3) is 0 Å². The Bertz CT molecular complexity index is 808. The second-order valence-electron chi connectivity index (χ2n) is 6.01. The molecule has 0 atom stereocenters. The number of nitrogens with zero attached hydrogens (tertiary/aromatic N) is 4. The number of aromatic nitrogens is 3. The molecule has 0 saturated carbocycles. The number of nitrogens with one attached hydrogen (secondary N) is 1. The predicted molar refractivity (Wildman–Crippen MR) is 104 cm³/mol. The van der Waals surface area contributed by atoms with Gasteiger partial charge >= 0.3 is 0 Å². The van der Waals surface area contributed by atoms with Gasteiger partial charge in [-0.1, -0.05) is 42.5 Å². The third kappa shape index (κ3) is 4.92. The Morgan fingerprint density at radius 2 is 1.77 bits per heavy atom. The summed E-state index contributed by atoms with van der Waals surface area (Å²) in [6.07, 6.45) is 2.54. The summed E-state index contributed by atoms with van der Waals surface area (Å²) < 4.78 is 5.18. The van der Waals surface area contributed by atoms with Crippen molar-refractivity contribution in [2.24, 2.45) is 0 Å². The van der Waals surface area contributed by atoms with Gasteiger partial charge in [-0.15, -0.1) is 5.10 Å². The molecule has 0 fully saturated rings. The maximum atomic E-state index is 5.18. The van der Waals surface area contributed by atoms with Gasteiger partial charge in [-0.3, -0.25) is 0 Å². The van der Waals surface area contributed by atoms with Crippen LogP contribution in [0.1, 0.15) is 11.1 Å². The van der Waals surface area contributed by atoms with Crippen LogP contribution < -0.4 is 15.0 Å². The van der Waals surface area contributed by atoms with E-state index in [1.165, 1.54) is 11.1 Å². The Labute approximate surface area is 153 Å². The zero-order valence-corrected chi connectivity index (χ0v) is 15.1. The molecule has 1 aromatic heterocycles. The maximum absolute atomic E-state index is 5.18. The summed E-state index contributed by atoms with van der Waals surface area (Å²) in [6.45, 7) is 1.50. The summed E-state index contributed by atoms with van der Waals surface area (Å²) >= 11 is 0. The van der Waals surface area contributed by atoms with Crippen LogP contribution in [0.15, 0.2) is 60.8 Å². The van der Waals surface area contributed by atoms with E-state index in [1.54, 1.807) is 13.3 Å². The minimum atomic E-state index is 0.600. The van der Waals surface area contributed by atoms with Crippen molar-refractivity contribution < 1.29 is 4.74 Å². The molecule has 0 radical (unpaired) electrons. The number of ether oxygens (including phenoxy) is 1. The lowest BCUT2D eigenvalue weighted by atomic mass is 10.1. The molecule has 134 valence electrons. The third-order valence-corrected chi connectivity index (χ3v) is 4.03. The standard InChI is InChI=1S/C20H23N5O/c1-25(15-17-6-4-3-5-7-17)20-23-19(14-22-24-20)21-13-12-16-8-10-18(26-2)11-9-16/h3-11,14H,12-13,15H2,1-2H3,(H,21,23,24). The molecule has 6 nitrogen and oxygen atoms in total. The highest BCUT2D eigenvalue weighted by molar-refractivity contribution is 5.39. The lowest BCUT2D eigenvalue weighted by molar-refractivity contribution is 0.414. The Morgan fingerprint density at radius 3 is 2.50 bits per heavy atom. The van der Waals surface area contributed by atoms with Crippen LogP contribution in [0.2, 0.25) is 0 Å². The van der Waals surface area contributed by atoms with Crippen molar-refractivity contribution in [3.63, 3.8) is 0 Å². The highest BCUT2D eigenvalue weighted by atomic mass is 16.5. The average molecular weight is 349 g/mol. The molecule has 1 N–H and O–H groups in total. The van der Waals surface area contributed by atoms with Crippen LogP contribution in [-0.4, -0.2) is 35.9 Å². The van der Waals surface area contributed by atoms with E-state index in [0.717, 1.165) is 31.1 Å². The summed E-state index contributed by atoms with van der Waals surface area (Å²) in [7, 11) is 3.64. The zero-order chi connectivity index (χ0) is 18.2. The second kappa shape index (κ2) is 8.80. The molecule has 0 aliphatic carbocycles. The van der Waals surface area contributed by atoms with Gasteiger partial charge in [-0.05, 0) is 29.7 Å². The Kier molecular flexibility index (Phi) is 5.98. The van der Waals surface area contributed by atoms with E-state index in [0.29, 0.717) is 5.95 Å². The topological polar surface area (TPSA) is 63.2 Å². The van der Waals surface area contributed by atoms with E-state index in [2.05, 4.69) is 44.8 Å². The number of hydrogen-bond donors (Lipinski definition) is 1. The fourth-order valence-corrected chi connectivity index (χ4v) is 2.60. The maximum Gasteiger partial charge on any atom is 0.247 e. The van der Waals surface area contributed by atoms with E-state index in [1.807, 2.05) is 42.3 Å². The number of rotatable bonds is 8.